The van der Waals surface area contributed by atoms with E-state index in [0.717, 1.165) is 37.7 Å². The molecule has 1 unspecified atom stereocenters. The molecule has 0 spiro atoms. The maximum atomic E-state index is 13.3. The maximum Gasteiger partial charge on any atom is 0.408 e. The Hall–Kier alpha value is -2.83. The molecule has 3 amide bonds. The Labute approximate surface area is 205 Å². The van der Waals surface area contributed by atoms with Gasteiger partial charge in [-0.25, -0.2) is 4.79 Å². The molecule has 1 aromatic carbocycles. The van der Waals surface area contributed by atoms with Crippen LogP contribution in [0.15, 0.2) is 30.8 Å². The van der Waals surface area contributed by atoms with Crippen LogP contribution in [-0.4, -0.2) is 47.5 Å². The molecular formula is C27H43N3O4. The first kappa shape index (κ1) is 29.2. The largest absolute Gasteiger partial charge is 0.444 e. The molecule has 0 aromatic heterocycles. The van der Waals surface area contributed by atoms with Crippen molar-refractivity contribution in [3.05, 3.63) is 42.0 Å². The molecule has 1 rings (SSSR count). The van der Waals surface area contributed by atoms with Gasteiger partial charge in [0.1, 0.15) is 18.2 Å². The Balaban J connectivity index is 3.20. The van der Waals surface area contributed by atoms with Gasteiger partial charge in [0.25, 0.3) is 0 Å². The van der Waals surface area contributed by atoms with Gasteiger partial charge in [0.15, 0.2) is 0 Å². The van der Waals surface area contributed by atoms with E-state index in [1.54, 1.807) is 31.7 Å². The van der Waals surface area contributed by atoms with Crippen molar-refractivity contribution < 1.29 is 19.1 Å². The van der Waals surface area contributed by atoms with E-state index in [9.17, 15) is 14.4 Å². The predicted octanol–water partition coefficient (Wildman–Crippen LogP) is 5.22. The lowest BCUT2D eigenvalue weighted by atomic mass is 10.00. The van der Waals surface area contributed by atoms with Crippen LogP contribution in [0.25, 0.3) is 6.08 Å². The quantitative estimate of drug-likeness (QED) is 0.385. The molecule has 1 atom stereocenters. The molecule has 0 heterocycles. The molecule has 0 fully saturated rings. The summed E-state index contributed by atoms with van der Waals surface area (Å²) in [6, 6.07) is 6.56. The van der Waals surface area contributed by atoms with Crippen LogP contribution in [0, 0.1) is 0 Å². The molecule has 7 heteroatoms. The van der Waals surface area contributed by atoms with Gasteiger partial charge in [0.2, 0.25) is 11.8 Å². The minimum Gasteiger partial charge on any atom is -0.444 e. The lowest BCUT2D eigenvalue weighted by Crippen LogP contribution is -2.49. The summed E-state index contributed by atoms with van der Waals surface area (Å²) in [5.41, 5.74) is 0.897. The van der Waals surface area contributed by atoms with Crippen LogP contribution in [-0.2, 0) is 14.3 Å². The Morgan fingerprint density at radius 3 is 2.38 bits per heavy atom. The molecule has 0 aliphatic heterocycles. The monoisotopic (exact) mass is 473 g/mol. The van der Waals surface area contributed by atoms with E-state index in [1.165, 1.54) is 0 Å². The van der Waals surface area contributed by atoms with E-state index in [0.29, 0.717) is 12.1 Å². The van der Waals surface area contributed by atoms with Crippen molar-refractivity contribution in [1.29, 1.82) is 0 Å². The van der Waals surface area contributed by atoms with Gasteiger partial charge in [0.05, 0.1) is 0 Å². The van der Waals surface area contributed by atoms with Crippen LogP contribution in [0.5, 0.6) is 0 Å². The molecule has 1 aromatic rings. The highest BCUT2D eigenvalue weighted by Gasteiger charge is 2.32. The predicted molar refractivity (Wildman–Crippen MR) is 137 cm³/mol. The summed E-state index contributed by atoms with van der Waals surface area (Å²) in [5.74, 6) is -0.593. The zero-order valence-corrected chi connectivity index (χ0v) is 21.8. The molecule has 0 saturated carbocycles. The standard InChI is InChI=1S/C27H43N3O4/c1-8-10-11-12-13-17-30(23(31)19-28-26(33)34-27(5,6)7)24(25(32)29-20(3)4)22-16-14-15-21(9-2)18-22/h9,14-16,18,20,24H,2,8,10-13,17,19H2,1,3-7H3,(H,28,33)(H,29,32). The van der Waals surface area contributed by atoms with Crippen molar-refractivity contribution in [3.8, 4) is 0 Å². The Morgan fingerprint density at radius 1 is 1.12 bits per heavy atom. The molecule has 0 aliphatic rings. The van der Waals surface area contributed by atoms with Crippen LogP contribution >= 0.6 is 0 Å². The van der Waals surface area contributed by atoms with Gasteiger partial charge < -0.3 is 20.3 Å². The van der Waals surface area contributed by atoms with E-state index in [-0.39, 0.29) is 24.4 Å². The molecular weight excluding hydrogens is 430 g/mol. The van der Waals surface area contributed by atoms with Gasteiger partial charge in [-0.1, -0.05) is 63.5 Å². The van der Waals surface area contributed by atoms with Crippen LogP contribution in [0.3, 0.4) is 0 Å². The average molecular weight is 474 g/mol. The number of hydrogen-bond donors (Lipinski definition) is 2. The zero-order chi connectivity index (χ0) is 25.7. The van der Waals surface area contributed by atoms with Crippen molar-refractivity contribution in [2.45, 2.75) is 91.3 Å². The highest BCUT2D eigenvalue weighted by atomic mass is 16.6. The molecule has 34 heavy (non-hydrogen) atoms. The second kappa shape index (κ2) is 14.4. The second-order valence-corrected chi connectivity index (χ2v) is 9.80. The van der Waals surface area contributed by atoms with Crippen LogP contribution in [0.4, 0.5) is 4.79 Å². The normalized spacial score (nSPS) is 12.1. The number of ether oxygens (including phenoxy) is 1. The van der Waals surface area contributed by atoms with Crippen LogP contribution in [0.1, 0.15) is 90.8 Å². The van der Waals surface area contributed by atoms with Crippen molar-refractivity contribution >= 4 is 24.0 Å². The minimum absolute atomic E-state index is 0.0843. The van der Waals surface area contributed by atoms with Gasteiger partial charge in [-0.15, -0.1) is 0 Å². The Kier molecular flexibility index (Phi) is 12.4. The fraction of sp³-hybridized carbons (Fsp3) is 0.593. The van der Waals surface area contributed by atoms with Crippen LogP contribution < -0.4 is 10.6 Å². The second-order valence-electron chi connectivity index (χ2n) is 9.80. The van der Waals surface area contributed by atoms with Gasteiger partial charge in [0, 0.05) is 12.6 Å². The van der Waals surface area contributed by atoms with E-state index in [2.05, 4.69) is 24.1 Å². The number of hydrogen-bond acceptors (Lipinski definition) is 4. The van der Waals surface area contributed by atoms with Gasteiger partial charge in [-0.2, -0.15) is 0 Å². The summed E-state index contributed by atoms with van der Waals surface area (Å²) < 4.78 is 5.26. The van der Waals surface area contributed by atoms with Crippen molar-refractivity contribution in [2.24, 2.45) is 0 Å². The fourth-order valence-corrected chi connectivity index (χ4v) is 3.54. The first-order valence-electron chi connectivity index (χ1n) is 12.3. The molecule has 0 aliphatic carbocycles. The maximum absolute atomic E-state index is 13.3. The smallest absolute Gasteiger partial charge is 0.408 e. The summed E-state index contributed by atoms with van der Waals surface area (Å²) in [6.45, 7) is 15.2. The van der Waals surface area contributed by atoms with Crippen molar-refractivity contribution in [2.75, 3.05) is 13.1 Å². The summed E-state index contributed by atoms with van der Waals surface area (Å²) in [5, 5.41) is 5.49. The minimum atomic E-state index is -0.818. The number of carbonyl (C=O) groups is 3. The number of alkyl carbamates (subject to hydrolysis) is 1. The molecule has 2 N–H and O–H groups in total. The molecule has 0 saturated heterocycles. The highest BCUT2D eigenvalue weighted by molar-refractivity contribution is 5.90. The first-order chi connectivity index (χ1) is 16.0. The van der Waals surface area contributed by atoms with Gasteiger partial charge in [-0.3, -0.25) is 9.59 Å². The average Bonchev–Trinajstić information content (AvgIpc) is 2.74. The Morgan fingerprint density at radius 2 is 1.79 bits per heavy atom. The third kappa shape index (κ3) is 10.9. The number of unbranched alkanes of at least 4 members (excludes halogenated alkanes) is 4. The molecule has 0 bridgehead atoms. The molecule has 7 nitrogen and oxygen atoms in total. The van der Waals surface area contributed by atoms with Crippen molar-refractivity contribution in [3.63, 3.8) is 0 Å². The number of nitrogens with zero attached hydrogens (tertiary/aromatic N) is 1. The third-order valence-corrected chi connectivity index (χ3v) is 5.06. The van der Waals surface area contributed by atoms with Crippen LogP contribution in [0.2, 0.25) is 0 Å². The topological polar surface area (TPSA) is 87.7 Å². The highest BCUT2D eigenvalue weighted by Crippen LogP contribution is 2.24. The Bertz CT molecular complexity index is 814. The van der Waals surface area contributed by atoms with Gasteiger partial charge in [-0.05, 0) is 58.2 Å². The number of benzene rings is 1. The number of amides is 3. The number of nitrogens with one attached hydrogen (secondary N) is 2. The van der Waals surface area contributed by atoms with E-state index >= 15 is 0 Å². The van der Waals surface area contributed by atoms with Gasteiger partial charge >= 0.3 is 6.09 Å². The molecule has 190 valence electrons. The third-order valence-electron chi connectivity index (χ3n) is 5.06. The summed E-state index contributed by atoms with van der Waals surface area (Å²) in [7, 11) is 0. The number of carbonyl (C=O) groups excluding carboxylic acids is 3. The fourth-order valence-electron chi connectivity index (χ4n) is 3.54. The lowest BCUT2D eigenvalue weighted by Gasteiger charge is -2.32. The zero-order valence-electron chi connectivity index (χ0n) is 21.8. The van der Waals surface area contributed by atoms with E-state index in [1.807, 2.05) is 38.1 Å². The number of rotatable bonds is 13. The van der Waals surface area contributed by atoms with E-state index < -0.39 is 17.7 Å². The van der Waals surface area contributed by atoms with E-state index in [4.69, 9.17) is 4.74 Å². The SMILES string of the molecule is C=Cc1cccc(C(C(=O)NC(C)C)N(CCCCCCC)C(=O)CNC(=O)OC(C)(C)C)c1. The summed E-state index contributed by atoms with van der Waals surface area (Å²) in [4.78, 5) is 40.4. The molecule has 0 radical (unpaired) electrons. The first-order valence-corrected chi connectivity index (χ1v) is 12.3. The summed E-state index contributed by atoms with van der Waals surface area (Å²) >= 11 is 0. The summed E-state index contributed by atoms with van der Waals surface area (Å²) in [6.07, 6.45) is 6.10. The van der Waals surface area contributed by atoms with Crippen molar-refractivity contribution in [1.82, 2.24) is 15.5 Å². The lowest BCUT2D eigenvalue weighted by molar-refractivity contribution is -0.140.